The van der Waals surface area contributed by atoms with E-state index in [0.29, 0.717) is 40.7 Å². The predicted octanol–water partition coefficient (Wildman–Crippen LogP) is 6.49. The molecule has 0 spiro atoms. The number of ether oxygens (including phenoxy) is 2. The van der Waals surface area contributed by atoms with Gasteiger partial charge in [0.05, 0.1) is 36.4 Å². The molecule has 1 amide bonds. The summed E-state index contributed by atoms with van der Waals surface area (Å²) in [5, 5.41) is 7.00. The molecule has 0 unspecified atom stereocenters. The quantitative estimate of drug-likeness (QED) is 0.111. The monoisotopic (exact) mass is 652 g/mol. The molecule has 0 atom stereocenters. The van der Waals surface area contributed by atoms with Gasteiger partial charge in [-0.15, -0.1) is 0 Å². The first-order valence-corrected chi connectivity index (χ1v) is 15.5. The van der Waals surface area contributed by atoms with E-state index in [4.69, 9.17) is 37.7 Å². The molecule has 0 aliphatic heterocycles. The molecule has 238 valence electrons. The molecule has 2 N–H and O–H groups in total. The van der Waals surface area contributed by atoms with Crippen LogP contribution in [0.3, 0.4) is 0 Å². The number of fused-ring (bicyclic) bond motifs is 1. The number of rotatable bonds is 15. The molecule has 0 bridgehead atoms. The molecule has 0 aliphatic carbocycles. The van der Waals surface area contributed by atoms with Crippen LogP contribution in [-0.4, -0.2) is 65.7 Å². The fourth-order valence-corrected chi connectivity index (χ4v) is 5.72. The molecule has 2 heterocycles. The van der Waals surface area contributed by atoms with E-state index in [1.807, 2.05) is 6.07 Å². The van der Waals surface area contributed by atoms with Gasteiger partial charge >= 0.3 is 0 Å². The van der Waals surface area contributed by atoms with Crippen molar-refractivity contribution >= 4 is 51.8 Å². The maximum absolute atomic E-state index is 14.3. The second-order valence-electron chi connectivity index (χ2n) is 10.3. The Kier molecular flexibility index (Phi) is 11.8. The largest absolute Gasteiger partial charge is 0.495 e. The Morgan fingerprint density at radius 2 is 1.78 bits per heavy atom. The molecule has 4 aromatic rings. The molecular weight excluding hydrogens is 615 g/mol. The van der Waals surface area contributed by atoms with Crippen molar-refractivity contribution in [2.24, 2.45) is 0 Å². The van der Waals surface area contributed by atoms with Gasteiger partial charge in [0.1, 0.15) is 17.1 Å². The average Bonchev–Trinajstić information content (AvgIpc) is 3.05. The van der Waals surface area contributed by atoms with E-state index < -0.39 is 0 Å². The third-order valence-electron chi connectivity index (χ3n) is 7.47. The fourth-order valence-electron chi connectivity index (χ4n) is 5.02. The molecule has 0 saturated carbocycles. The summed E-state index contributed by atoms with van der Waals surface area (Å²) < 4.78 is 12.4. The van der Waals surface area contributed by atoms with Gasteiger partial charge in [-0.2, -0.15) is 4.98 Å². The number of nitrogens with zero attached hydrogens (tertiary/aromatic N) is 4. The molecule has 10 nitrogen and oxygen atoms in total. The molecule has 0 fully saturated rings. The van der Waals surface area contributed by atoms with Crippen molar-refractivity contribution in [3.8, 4) is 22.6 Å². The number of anilines is 2. The number of carbonyl (C=O) groups excluding carboxylic acids is 1. The third-order valence-corrected chi connectivity index (χ3v) is 8.22. The molecule has 4 rings (SSSR count). The van der Waals surface area contributed by atoms with Gasteiger partial charge in [-0.05, 0) is 62.3 Å². The minimum absolute atomic E-state index is 0.137. The van der Waals surface area contributed by atoms with Gasteiger partial charge in [-0.25, -0.2) is 4.98 Å². The van der Waals surface area contributed by atoms with Crippen molar-refractivity contribution in [3.05, 3.63) is 81.2 Å². The topological polar surface area (TPSA) is 111 Å². The highest BCUT2D eigenvalue weighted by Gasteiger charge is 2.23. The Bertz CT molecular complexity index is 1710. The Morgan fingerprint density at radius 3 is 2.42 bits per heavy atom. The molecular formula is C33H38Cl2N6O4. The summed E-state index contributed by atoms with van der Waals surface area (Å²) in [6, 6.07) is 10.5. The fraction of sp³-hybridized carbons (Fsp3) is 0.333. The SMILES string of the molecule is C=CC(=O)Nc1cccc(Cn2c(=O)c(-c3c(Cl)c(OC)cc(OC)c3Cl)cc3cnc(NCCCCN(CC)CC)nc32)c1. The lowest BCUT2D eigenvalue weighted by Gasteiger charge is -2.18. The Balaban J connectivity index is 1.80. The first-order valence-electron chi connectivity index (χ1n) is 14.7. The standard InChI is InChI=1S/C33H38Cl2N6O4/c1-6-27(42)38-23-13-11-12-21(16-23)20-41-31-22(19-37-33(39-31)36-14-9-10-15-40(7-2)8-3)17-24(32(41)43)28-29(34)25(44-4)18-26(45-5)30(28)35/h6,11-13,16-19H,1,7-10,14-15,20H2,2-5H3,(H,38,42)(H,36,37,39). The maximum Gasteiger partial charge on any atom is 0.260 e. The second-order valence-corrected chi connectivity index (χ2v) is 11.0. The van der Waals surface area contributed by atoms with Gasteiger partial charge in [0.25, 0.3) is 5.56 Å². The van der Waals surface area contributed by atoms with Crippen LogP contribution in [0.4, 0.5) is 11.6 Å². The van der Waals surface area contributed by atoms with E-state index in [0.717, 1.165) is 38.0 Å². The first-order chi connectivity index (χ1) is 21.7. The van der Waals surface area contributed by atoms with Crippen LogP contribution in [0.2, 0.25) is 10.0 Å². The van der Waals surface area contributed by atoms with Crippen LogP contribution >= 0.6 is 23.2 Å². The average molecular weight is 654 g/mol. The number of hydrogen-bond acceptors (Lipinski definition) is 8. The molecule has 45 heavy (non-hydrogen) atoms. The summed E-state index contributed by atoms with van der Waals surface area (Å²) >= 11 is 13.5. The molecule has 12 heteroatoms. The van der Waals surface area contributed by atoms with Crippen LogP contribution < -0.4 is 25.7 Å². The number of carbonyl (C=O) groups is 1. The van der Waals surface area contributed by atoms with Gasteiger partial charge < -0.3 is 25.0 Å². The lowest BCUT2D eigenvalue weighted by Crippen LogP contribution is -2.25. The van der Waals surface area contributed by atoms with E-state index in [9.17, 15) is 9.59 Å². The van der Waals surface area contributed by atoms with Gasteiger partial charge in [-0.1, -0.05) is 55.8 Å². The van der Waals surface area contributed by atoms with E-state index in [2.05, 4.69) is 40.9 Å². The van der Waals surface area contributed by atoms with E-state index in [1.54, 1.807) is 41.1 Å². The van der Waals surface area contributed by atoms with E-state index in [1.165, 1.54) is 20.3 Å². The second kappa shape index (κ2) is 15.7. The van der Waals surface area contributed by atoms with Gasteiger partial charge in [0, 0.05) is 35.4 Å². The minimum Gasteiger partial charge on any atom is -0.495 e. The molecule has 2 aromatic carbocycles. The Labute approximate surface area is 273 Å². The summed E-state index contributed by atoms with van der Waals surface area (Å²) in [6.45, 7) is 11.7. The number of methoxy groups -OCH3 is 2. The van der Waals surface area contributed by atoms with Crippen LogP contribution in [0, 0.1) is 0 Å². The van der Waals surface area contributed by atoms with Gasteiger partial charge in [0.2, 0.25) is 11.9 Å². The van der Waals surface area contributed by atoms with Crippen LogP contribution in [0.5, 0.6) is 11.5 Å². The van der Waals surface area contributed by atoms with Gasteiger partial charge in [-0.3, -0.25) is 14.2 Å². The number of pyridine rings is 1. The Morgan fingerprint density at radius 1 is 1.07 bits per heavy atom. The molecule has 0 aliphatic rings. The smallest absolute Gasteiger partial charge is 0.260 e. The summed E-state index contributed by atoms with van der Waals surface area (Å²) in [5.41, 5.74) is 1.86. The number of halogens is 2. The highest BCUT2D eigenvalue weighted by atomic mass is 35.5. The normalized spacial score (nSPS) is 11.1. The number of hydrogen-bond donors (Lipinski definition) is 2. The highest BCUT2D eigenvalue weighted by molar-refractivity contribution is 6.41. The number of nitrogens with one attached hydrogen (secondary N) is 2. The van der Waals surface area contributed by atoms with Crippen LogP contribution in [0.15, 0.2) is 60.0 Å². The maximum atomic E-state index is 14.3. The van der Waals surface area contributed by atoms with Crippen LogP contribution in [-0.2, 0) is 11.3 Å². The van der Waals surface area contributed by atoms with Crippen molar-refractivity contribution < 1.29 is 14.3 Å². The van der Waals surface area contributed by atoms with Crippen molar-refractivity contribution in [3.63, 3.8) is 0 Å². The molecule has 2 aromatic heterocycles. The molecule has 0 radical (unpaired) electrons. The minimum atomic E-state index is -0.383. The lowest BCUT2D eigenvalue weighted by atomic mass is 10.0. The summed E-state index contributed by atoms with van der Waals surface area (Å²) in [7, 11) is 2.95. The number of amides is 1. The van der Waals surface area contributed by atoms with Crippen LogP contribution in [0.25, 0.3) is 22.2 Å². The first kappa shape index (κ1) is 33.8. The highest BCUT2D eigenvalue weighted by Crippen LogP contribution is 2.45. The zero-order valence-corrected chi connectivity index (χ0v) is 27.5. The zero-order valence-electron chi connectivity index (χ0n) is 26.0. The van der Waals surface area contributed by atoms with E-state index in [-0.39, 0.29) is 39.2 Å². The third kappa shape index (κ3) is 7.94. The Hall–Kier alpha value is -4.12. The number of benzene rings is 2. The van der Waals surface area contributed by atoms with Crippen molar-refractivity contribution in [1.29, 1.82) is 0 Å². The predicted molar refractivity (Wildman–Crippen MR) is 182 cm³/mol. The number of aromatic nitrogens is 3. The van der Waals surface area contributed by atoms with Crippen molar-refractivity contribution in [2.75, 3.05) is 51.0 Å². The number of unbranched alkanes of at least 4 members (excludes halogenated alkanes) is 1. The lowest BCUT2D eigenvalue weighted by molar-refractivity contribution is -0.111. The summed E-state index contributed by atoms with van der Waals surface area (Å²) in [4.78, 5) is 37.9. The zero-order chi connectivity index (χ0) is 32.5. The van der Waals surface area contributed by atoms with Crippen LogP contribution in [0.1, 0.15) is 32.3 Å². The van der Waals surface area contributed by atoms with Crippen molar-refractivity contribution in [1.82, 2.24) is 19.4 Å². The summed E-state index contributed by atoms with van der Waals surface area (Å²) in [5.74, 6) is 0.689. The summed E-state index contributed by atoms with van der Waals surface area (Å²) in [6.07, 6.45) is 4.85. The van der Waals surface area contributed by atoms with E-state index >= 15 is 0 Å². The van der Waals surface area contributed by atoms with Crippen molar-refractivity contribution in [2.45, 2.75) is 33.2 Å². The molecule has 0 saturated heterocycles. The van der Waals surface area contributed by atoms with Gasteiger partial charge in [0.15, 0.2) is 0 Å².